The third-order valence-corrected chi connectivity index (χ3v) is 3.77. The van der Waals surface area contributed by atoms with Crippen LogP contribution in [0.3, 0.4) is 0 Å². The van der Waals surface area contributed by atoms with Gasteiger partial charge in [-0.2, -0.15) is 8.78 Å². The smallest absolute Gasteiger partial charge is 0.387 e. The quantitative estimate of drug-likeness (QED) is 0.878. The van der Waals surface area contributed by atoms with E-state index >= 15 is 0 Å². The first kappa shape index (κ1) is 15.7. The van der Waals surface area contributed by atoms with E-state index < -0.39 is 6.61 Å². The molecule has 0 bridgehead atoms. The van der Waals surface area contributed by atoms with Gasteiger partial charge in [0.2, 0.25) is 5.91 Å². The zero-order chi connectivity index (χ0) is 15.4. The molecule has 116 valence electrons. The third-order valence-electron chi connectivity index (χ3n) is 3.77. The van der Waals surface area contributed by atoms with Crippen LogP contribution in [-0.2, 0) is 4.79 Å². The molecule has 1 fully saturated rings. The highest BCUT2D eigenvalue weighted by molar-refractivity contribution is 5.81. The van der Waals surface area contributed by atoms with Crippen molar-refractivity contribution in [2.24, 2.45) is 0 Å². The van der Waals surface area contributed by atoms with E-state index in [-0.39, 0.29) is 23.9 Å². The van der Waals surface area contributed by atoms with Gasteiger partial charge in [-0.15, -0.1) is 0 Å². The van der Waals surface area contributed by atoms with Gasteiger partial charge in [-0.3, -0.25) is 10.1 Å². The van der Waals surface area contributed by atoms with Gasteiger partial charge in [0.15, 0.2) is 0 Å². The third kappa shape index (κ3) is 3.50. The average molecular weight is 298 g/mol. The fourth-order valence-corrected chi connectivity index (χ4v) is 2.72. The van der Waals surface area contributed by atoms with Crippen molar-refractivity contribution >= 4 is 5.91 Å². The molecule has 1 aromatic carbocycles. The van der Waals surface area contributed by atoms with E-state index in [4.69, 9.17) is 0 Å². The molecule has 6 heteroatoms. The highest BCUT2D eigenvalue weighted by atomic mass is 19.3. The minimum Gasteiger partial charge on any atom is -0.435 e. The highest BCUT2D eigenvalue weighted by Gasteiger charge is 2.35. The first-order valence-corrected chi connectivity index (χ1v) is 7.16. The van der Waals surface area contributed by atoms with Crippen LogP contribution in [0.4, 0.5) is 8.78 Å². The number of nitrogens with zero attached hydrogens (tertiary/aromatic N) is 1. The van der Waals surface area contributed by atoms with Gasteiger partial charge in [-0.25, -0.2) is 0 Å². The van der Waals surface area contributed by atoms with Crippen LogP contribution in [0.1, 0.15) is 38.4 Å². The van der Waals surface area contributed by atoms with Crippen molar-refractivity contribution in [1.82, 2.24) is 10.2 Å². The number of halogens is 2. The number of nitrogens with one attached hydrogen (secondary N) is 1. The Hall–Kier alpha value is -1.69. The Morgan fingerprint density at radius 3 is 2.43 bits per heavy atom. The summed E-state index contributed by atoms with van der Waals surface area (Å²) in [6.45, 7) is 1.58. The summed E-state index contributed by atoms with van der Waals surface area (Å²) in [5, 5.41) is 3.17. The molecule has 0 spiro atoms. The van der Waals surface area contributed by atoms with E-state index in [0.717, 1.165) is 18.4 Å². The first-order chi connectivity index (χ1) is 10.1. The van der Waals surface area contributed by atoms with Gasteiger partial charge in [-0.05, 0) is 30.5 Å². The van der Waals surface area contributed by atoms with Crippen molar-refractivity contribution in [2.75, 3.05) is 6.54 Å². The standard InChI is InChI=1S/C15H20F2N2O2/c1-3-11(4-2)19-13(20)9-18-14(19)10-5-7-12(8-6-10)21-15(16)17/h5-8,11,14-15,18H,3-4,9H2,1-2H3. The molecule has 1 saturated heterocycles. The second-order valence-corrected chi connectivity index (χ2v) is 5.00. The van der Waals surface area contributed by atoms with Gasteiger partial charge in [0.05, 0.1) is 6.54 Å². The van der Waals surface area contributed by atoms with Gasteiger partial charge in [0, 0.05) is 6.04 Å². The number of hydrogen-bond acceptors (Lipinski definition) is 3. The number of rotatable bonds is 6. The Balaban J connectivity index is 2.17. The summed E-state index contributed by atoms with van der Waals surface area (Å²) in [4.78, 5) is 13.9. The number of hydrogen-bond donors (Lipinski definition) is 1. The Kier molecular flexibility index (Phi) is 5.12. The minimum atomic E-state index is -2.83. The normalized spacial score (nSPS) is 18.9. The summed E-state index contributed by atoms with van der Waals surface area (Å²) < 4.78 is 28.6. The first-order valence-electron chi connectivity index (χ1n) is 7.16. The van der Waals surface area contributed by atoms with E-state index in [1.807, 2.05) is 4.90 Å². The van der Waals surface area contributed by atoms with Crippen LogP contribution in [0.2, 0.25) is 0 Å². The number of amides is 1. The Morgan fingerprint density at radius 2 is 1.90 bits per heavy atom. The van der Waals surface area contributed by atoms with Crippen LogP contribution >= 0.6 is 0 Å². The molecular formula is C15H20F2N2O2. The zero-order valence-corrected chi connectivity index (χ0v) is 12.2. The SMILES string of the molecule is CCC(CC)N1C(=O)CNC1c1ccc(OC(F)F)cc1. The van der Waals surface area contributed by atoms with Crippen molar-refractivity contribution in [2.45, 2.75) is 45.5 Å². The van der Waals surface area contributed by atoms with Gasteiger partial charge in [0.1, 0.15) is 11.9 Å². The van der Waals surface area contributed by atoms with E-state index in [2.05, 4.69) is 23.9 Å². The number of ether oxygens (including phenoxy) is 1. The number of carbonyl (C=O) groups excluding carboxylic acids is 1. The molecule has 0 radical (unpaired) electrons. The summed E-state index contributed by atoms with van der Waals surface area (Å²) in [7, 11) is 0. The Bertz CT molecular complexity index is 475. The van der Waals surface area contributed by atoms with Crippen LogP contribution in [0.15, 0.2) is 24.3 Å². The molecule has 2 rings (SSSR count). The predicted octanol–water partition coefficient (Wildman–Crippen LogP) is 2.91. The van der Waals surface area contributed by atoms with E-state index in [1.54, 1.807) is 12.1 Å². The number of benzene rings is 1. The van der Waals surface area contributed by atoms with Crippen LogP contribution in [0, 0.1) is 0 Å². The van der Waals surface area contributed by atoms with Crippen molar-refractivity contribution in [3.8, 4) is 5.75 Å². The molecular weight excluding hydrogens is 278 g/mol. The largest absolute Gasteiger partial charge is 0.435 e. The van der Waals surface area contributed by atoms with Gasteiger partial charge >= 0.3 is 6.61 Å². The highest BCUT2D eigenvalue weighted by Crippen LogP contribution is 2.28. The van der Waals surface area contributed by atoms with E-state index in [0.29, 0.717) is 6.54 Å². The fourth-order valence-electron chi connectivity index (χ4n) is 2.72. The topological polar surface area (TPSA) is 41.6 Å². The van der Waals surface area contributed by atoms with Crippen LogP contribution in [-0.4, -0.2) is 30.0 Å². The molecule has 0 aliphatic carbocycles. The van der Waals surface area contributed by atoms with Gasteiger partial charge < -0.3 is 9.64 Å². The maximum absolute atomic E-state index is 12.1. The summed E-state index contributed by atoms with van der Waals surface area (Å²) in [6, 6.07) is 6.59. The molecule has 4 nitrogen and oxygen atoms in total. The average Bonchev–Trinajstić information content (AvgIpc) is 2.83. The van der Waals surface area contributed by atoms with Crippen LogP contribution in [0.5, 0.6) is 5.75 Å². The van der Waals surface area contributed by atoms with Gasteiger partial charge in [0.25, 0.3) is 0 Å². The summed E-state index contributed by atoms with van der Waals surface area (Å²) in [6.07, 6.45) is 1.56. The molecule has 1 atom stereocenters. The van der Waals surface area contributed by atoms with Crippen molar-refractivity contribution in [3.05, 3.63) is 29.8 Å². The van der Waals surface area contributed by atoms with Crippen molar-refractivity contribution < 1.29 is 18.3 Å². The van der Waals surface area contributed by atoms with Crippen LogP contribution < -0.4 is 10.1 Å². The molecule has 1 heterocycles. The lowest BCUT2D eigenvalue weighted by Gasteiger charge is -2.32. The molecule has 1 aliphatic rings. The number of carbonyl (C=O) groups is 1. The Morgan fingerprint density at radius 1 is 1.29 bits per heavy atom. The van der Waals surface area contributed by atoms with Crippen LogP contribution in [0.25, 0.3) is 0 Å². The predicted molar refractivity (Wildman–Crippen MR) is 75.0 cm³/mol. The molecule has 1 amide bonds. The summed E-state index contributed by atoms with van der Waals surface area (Å²) in [5.74, 6) is 0.189. The van der Waals surface area contributed by atoms with Crippen molar-refractivity contribution in [3.63, 3.8) is 0 Å². The van der Waals surface area contributed by atoms with E-state index in [9.17, 15) is 13.6 Å². The van der Waals surface area contributed by atoms with E-state index in [1.165, 1.54) is 12.1 Å². The summed E-state index contributed by atoms with van der Waals surface area (Å²) in [5.41, 5.74) is 0.870. The molecule has 0 aromatic heterocycles. The lowest BCUT2D eigenvalue weighted by molar-refractivity contribution is -0.130. The molecule has 1 N–H and O–H groups in total. The Labute approximate surface area is 123 Å². The molecule has 1 unspecified atom stereocenters. The zero-order valence-electron chi connectivity index (χ0n) is 12.2. The lowest BCUT2D eigenvalue weighted by atomic mass is 10.1. The minimum absolute atomic E-state index is 0.0709. The molecule has 21 heavy (non-hydrogen) atoms. The summed E-state index contributed by atoms with van der Waals surface area (Å²) >= 11 is 0. The fraction of sp³-hybridized carbons (Fsp3) is 0.533. The maximum Gasteiger partial charge on any atom is 0.387 e. The van der Waals surface area contributed by atoms with Crippen molar-refractivity contribution in [1.29, 1.82) is 0 Å². The lowest BCUT2D eigenvalue weighted by Crippen LogP contribution is -2.39. The second kappa shape index (κ2) is 6.85. The molecule has 1 aliphatic heterocycles. The van der Waals surface area contributed by atoms with Gasteiger partial charge in [-0.1, -0.05) is 26.0 Å². The molecule has 1 aromatic rings. The molecule has 0 saturated carbocycles. The maximum atomic E-state index is 12.1. The monoisotopic (exact) mass is 298 g/mol. The number of alkyl halides is 2. The second-order valence-electron chi connectivity index (χ2n) is 5.00.